The summed E-state index contributed by atoms with van der Waals surface area (Å²) in [6, 6.07) is 5.39. The van der Waals surface area contributed by atoms with Gasteiger partial charge < -0.3 is 14.7 Å². The predicted molar refractivity (Wildman–Crippen MR) is 82.5 cm³/mol. The summed E-state index contributed by atoms with van der Waals surface area (Å²) in [7, 11) is 1.83. The first-order valence-electron chi connectivity index (χ1n) is 7.44. The molecule has 1 aromatic carbocycles. The van der Waals surface area contributed by atoms with E-state index >= 15 is 0 Å². The van der Waals surface area contributed by atoms with E-state index in [1.165, 1.54) is 18.3 Å². The summed E-state index contributed by atoms with van der Waals surface area (Å²) < 4.78 is 40.6. The first-order valence-corrected chi connectivity index (χ1v) is 7.44. The van der Waals surface area contributed by atoms with Gasteiger partial charge in [0.1, 0.15) is 11.4 Å². The maximum absolute atomic E-state index is 12.3. The van der Waals surface area contributed by atoms with Crippen molar-refractivity contribution in [1.82, 2.24) is 9.97 Å². The normalized spacial score (nSPS) is 14.2. The maximum atomic E-state index is 12.3. The standard InChI is InChI=1S/C16H14F3N3O3/c1-22(10-4-5-10)14-13(21-12(8-20-14)15(23)24)9-2-6-11(7-3-9)25-16(17,18)19/h2-3,6-8,10H,4-5H2,1H3,(H,23,24). The number of anilines is 1. The minimum Gasteiger partial charge on any atom is -0.476 e. The number of benzene rings is 1. The SMILES string of the molecule is CN(c1ncc(C(=O)O)nc1-c1ccc(OC(F)(F)F)cc1)C1CC1. The van der Waals surface area contributed by atoms with Crippen LogP contribution in [0.1, 0.15) is 23.3 Å². The van der Waals surface area contributed by atoms with E-state index in [2.05, 4.69) is 14.7 Å². The molecular weight excluding hydrogens is 339 g/mol. The van der Waals surface area contributed by atoms with E-state index in [4.69, 9.17) is 5.11 Å². The molecule has 2 aromatic rings. The third kappa shape index (κ3) is 3.98. The van der Waals surface area contributed by atoms with E-state index in [9.17, 15) is 18.0 Å². The van der Waals surface area contributed by atoms with E-state index in [1.54, 1.807) is 0 Å². The highest BCUT2D eigenvalue weighted by Crippen LogP contribution is 2.35. The van der Waals surface area contributed by atoms with Crippen molar-refractivity contribution < 1.29 is 27.8 Å². The van der Waals surface area contributed by atoms with Gasteiger partial charge in [0.25, 0.3) is 0 Å². The van der Waals surface area contributed by atoms with Gasteiger partial charge in [-0.3, -0.25) is 0 Å². The second-order valence-electron chi connectivity index (χ2n) is 5.65. The largest absolute Gasteiger partial charge is 0.573 e. The number of carbonyl (C=O) groups is 1. The van der Waals surface area contributed by atoms with Crippen LogP contribution in [-0.2, 0) is 0 Å². The molecule has 1 saturated carbocycles. The van der Waals surface area contributed by atoms with Crippen molar-refractivity contribution >= 4 is 11.8 Å². The fraction of sp³-hybridized carbons (Fsp3) is 0.312. The zero-order valence-electron chi connectivity index (χ0n) is 13.1. The number of carboxylic acids is 1. The molecule has 1 N–H and O–H groups in total. The summed E-state index contributed by atoms with van der Waals surface area (Å²) >= 11 is 0. The summed E-state index contributed by atoms with van der Waals surface area (Å²) in [6.07, 6.45) is -1.61. The highest BCUT2D eigenvalue weighted by Gasteiger charge is 2.32. The van der Waals surface area contributed by atoms with Crippen LogP contribution in [0.2, 0.25) is 0 Å². The maximum Gasteiger partial charge on any atom is 0.573 e. The van der Waals surface area contributed by atoms with Crippen LogP contribution in [0.5, 0.6) is 5.75 Å². The van der Waals surface area contributed by atoms with Gasteiger partial charge in [0, 0.05) is 18.7 Å². The fourth-order valence-corrected chi connectivity index (χ4v) is 2.39. The summed E-state index contributed by atoms with van der Waals surface area (Å²) in [4.78, 5) is 21.4. The monoisotopic (exact) mass is 353 g/mol. The average Bonchev–Trinajstić information content (AvgIpc) is 3.38. The minimum absolute atomic E-state index is 0.237. The molecule has 6 nitrogen and oxygen atoms in total. The van der Waals surface area contributed by atoms with E-state index in [1.807, 2.05) is 11.9 Å². The Hall–Kier alpha value is -2.84. The third-order valence-electron chi connectivity index (χ3n) is 3.76. The summed E-state index contributed by atoms with van der Waals surface area (Å²) in [5.41, 5.74) is 0.513. The molecule has 3 rings (SSSR count). The number of alkyl halides is 3. The first-order chi connectivity index (χ1) is 11.7. The van der Waals surface area contributed by atoms with Crippen LogP contribution in [-0.4, -0.2) is 40.5 Å². The summed E-state index contributed by atoms with van der Waals surface area (Å²) in [6.45, 7) is 0. The Labute approximate surface area is 140 Å². The number of nitrogens with zero attached hydrogens (tertiary/aromatic N) is 3. The Morgan fingerprint density at radius 1 is 1.28 bits per heavy atom. The van der Waals surface area contributed by atoms with Gasteiger partial charge in [-0.1, -0.05) is 0 Å². The molecule has 1 heterocycles. The lowest BCUT2D eigenvalue weighted by Gasteiger charge is -2.20. The van der Waals surface area contributed by atoms with Gasteiger partial charge in [-0.15, -0.1) is 13.2 Å². The molecule has 0 spiro atoms. The van der Waals surface area contributed by atoms with Crippen LogP contribution in [0.25, 0.3) is 11.3 Å². The summed E-state index contributed by atoms with van der Waals surface area (Å²) in [5.74, 6) is -1.11. The number of hydrogen-bond donors (Lipinski definition) is 1. The highest BCUT2D eigenvalue weighted by molar-refractivity contribution is 5.87. The summed E-state index contributed by atoms with van der Waals surface area (Å²) in [5, 5.41) is 9.12. The van der Waals surface area contributed by atoms with Crippen molar-refractivity contribution in [3.8, 4) is 17.0 Å². The number of rotatable bonds is 5. The number of halogens is 3. The second kappa shape index (κ2) is 6.23. The van der Waals surface area contributed by atoms with Crippen LogP contribution >= 0.6 is 0 Å². The Bertz CT molecular complexity index is 789. The van der Waals surface area contributed by atoms with Crippen LogP contribution in [0.3, 0.4) is 0 Å². The number of hydrogen-bond acceptors (Lipinski definition) is 5. The van der Waals surface area contributed by atoms with Gasteiger partial charge >= 0.3 is 12.3 Å². The Kier molecular flexibility index (Phi) is 4.23. The average molecular weight is 353 g/mol. The molecule has 0 atom stereocenters. The van der Waals surface area contributed by atoms with E-state index in [0.29, 0.717) is 23.1 Å². The van der Waals surface area contributed by atoms with Crippen molar-refractivity contribution in [3.63, 3.8) is 0 Å². The Morgan fingerprint density at radius 2 is 1.92 bits per heavy atom. The third-order valence-corrected chi connectivity index (χ3v) is 3.76. The molecule has 132 valence electrons. The zero-order chi connectivity index (χ0) is 18.2. The lowest BCUT2D eigenvalue weighted by Crippen LogP contribution is -2.22. The van der Waals surface area contributed by atoms with Crippen LogP contribution in [0.15, 0.2) is 30.5 Å². The first kappa shape index (κ1) is 17.0. The van der Waals surface area contributed by atoms with E-state index in [0.717, 1.165) is 25.0 Å². The van der Waals surface area contributed by atoms with Crippen LogP contribution in [0, 0.1) is 0 Å². The van der Waals surface area contributed by atoms with Crippen molar-refractivity contribution in [1.29, 1.82) is 0 Å². The van der Waals surface area contributed by atoms with Crippen molar-refractivity contribution in [2.75, 3.05) is 11.9 Å². The number of carboxylic acid groups (broad SMARTS) is 1. The minimum atomic E-state index is -4.78. The van der Waals surface area contributed by atoms with Crippen molar-refractivity contribution in [2.24, 2.45) is 0 Å². The van der Waals surface area contributed by atoms with Gasteiger partial charge in [0.15, 0.2) is 11.5 Å². The number of aromatic nitrogens is 2. The van der Waals surface area contributed by atoms with Crippen LogP contribution < -0.4 is 9.64 Å². The molecule has 25 heavy (non-hydrogen) atoms. The predicted octanol–water partition coefficient (Wildman–Crippen LogP) is 3.34. The number of ether oxygens (including phenoxy) is 1. The highest BCUT2D eigenvalue weighted by atomic mass is 19.4. The molecular formula is C16H14F3N3O3. The smallest absolute Gasteiger partial charge is 0.476 e. The van der Waals surface area contributed by atoms with Gasteiger partial charge in [0.05, 0.1) is 6.20 Å². The van der Waals surface area contributed by atoms with E-state index in [-0.39, 0.29) is 11.4 Å². The van der Waals surface area contributed by atoms with Gasteiger partial charge in [0.2, 0.25) is 0 Å². The molecule has 9 heteroatoms. The lowest BCUT2D eigenvalue weighted by molar-refractivity contribution is -0.274. The molecule has 0 radical (unpaired) electrons. The molecule has 1 aromatic heterocycles. The molecule has 1 aliphatic rings. The van der Waals surface area contributed by atoms with E-state index < -0.39 is 12.3 Å². The molecule has 0 bridgehead atoms. The molecule has 0 unspecified atom stereocenters. The Balaban J connectivity index is 1.98. The fourth-order valence-electron chi connectivity index (χ4n) is 2.39. The molecule has 1 fully saturated rings. The lowest BCUT2D eigenvalue weighted by atomic mass is 10.1. The topological polar surface area (TPSA) is 75.6 Å². The quantitative estimate of drug-likeness (QED) is 0.889. The van der Waals surface area contributed by atoms with Gasteiger partial charge in [-0.05, 0) is 37.1 Å². The molecule has 1 aliphatic carbocycles. The zero-order valence-corrected chi connectivity index (χ0v) is 13.1. The van der Waals surface area contributed by atoms with Gasteiger partial charge in [-0.2, -0.15) is 0 Å². The van der Waals surface area contributed by atoms with Crippen LogP contribution in [0.4, 0.5) is 19.0 Å². The molecule has 0 amide bonds. The van der Waals surface area contributed by atoms with Gasteiger partial charge in [-0.25, -0.2) is 14.8 Å². The van der Waals surface area contributed by atoms with Crippen molar-refractivity contribution in [3.05, 3.63) is 36.2 Å². The Morgan fingerprint density at radius 3 is 2.44 bits per heavy atom. The second-order valence-corrected chi connectivity index (χ2v) is 5.65. The molecule has 0 saturated heterocycles. The number of aromatic carboxylic acids is 1. The molecule has 0 aliphatic heterocycles. The van der Waals surface area contributed by atoms with Crippen molar-refractivity contribution in [2.45, 2.75) is 25.2 Å².